The fraction of sp³-hybridized carbons (Fsp3) is 0.897. The van der Waals surface area contributed by atoms with Gasteiger partial charge in [-0.1, -0.05) is 13.8 Å². The Hall–Kier alpha value is -0.950. The standard InChI is InChI=1S/C29H47NO5/c1-27-10-7-22(34-16-15-33-14-13-30(3)4)18-21(27)5-6-25-24(27)8-11-28(2)23(9-12-29(25,28)32)20-17-26(31)35-19-20/h17,21-25,32H,5-16,18-19H2,1-4H3/t21-,22+,23-,24+,25-,27+,28-,29+/m1/s1. The first-order chi connectivity index (χ1) is 16.7. The Bertz CT molecular complexity index is 828. The van der Waals surface area contributed by atoms with E-state index in [0.29, 0.717) is 49.1 Å². The molecule has 0 aromatic heterocycles. The normalized spacial score (nSPS) is 45.0. The molecule has 8 atom stereocenters. The van der Waals surface area contributed by atoms with Crippen molar-refractivity contribution in [3.63, 3.8) is 0 Å². The smallest absolute Gasteiger partial charge is 0.331 e. The highest BCUT2D eigenvalue weighted by atomic mass is 16.5. The van der Waals surface area contributed by atoms with Gasteiger partial charge in [0, 0.05) is 18.0 Å². The van der Waals surface area contributed by atoms with Gasteiger partial charge in [-0.25, -0.2) is 4.79 Å². The number of esters is 1. The summed E-state index contributed by atoms with van der Waals surface area (Å²) in [5.41, 5.74) is 0.643. The van der Waals surface area contributed by atoms with Crippen LogP contribution in [0.25, 0.3) is 0 Å². The van der Waals surface area contributed by atoms with Crippen molar-refractivity contribution in [2.45, 2.75) is 83.3 Å². The van der Waals surface area contributed by atoms with E-state index >= 15 is 0 Å². The molecule has 1 N–H and O–H groups in total. The second-order valence-electron chi connectivity index (χ2n) is 13.0. The van der Waals surface area contributed by atoms with Crippen LogP contribution in [-0.4, -0.2) is 74.7 Å². The van der Waals surface area contributed by atoms with Gasteiger partial charge in [0.15, 0.2) is 0 Å². The van der Waals surface area contributed by atoms with Crippen LogP contribution in [0.3, 0.4) is 0 Å². The van der Waals surface area contributed by atoms with Gasteiger partial charge in [0.25, 0.3) is 0 Å². The Morgan fingerprint density at radius 2 is 1.86 bits per heavy atom. The number of carbonyl (C=O) groups excluding carboxylic acids is 1. The molecule has 5 rings (SSSR count). The van der Waals surface area contributed by atoms with Gasteiger partial charge in [-0.3, -0.25) is 0 Å². The molecule has 4 saturated carbocycles. The lowest BCUT2D eigenvalue weighted by Crippen LogP contribution is -2.62. The summed E-state index contributed by atoms with van der Waals surface area (Å²) < 4.78 is 17.3. The van der Waals surface area contributed by atoms with Gasteiger partial charge in [0.2, 0.25) is 0 Å². The highest BCUT2D eigenvalue weighted by molar-refractivity contribution is 5.85. The summed E-state index contributed by atoms with van der Waals surface area (Å²) in [4.78, 5) is 13.9. The number of aliphatic hydroxyl groups is 1. The van der Waals surface area contributed by atoms with E-state index in [-0.39, 0.29) is 17.3 Å². The molecule has 0 radical (unpaired) electrons. The number of ether oxygens (including phenoxy) is 3. The minimum Gasteiger partial charge on any atom is -0.458 e. The van der Waals surface area contributed by atoms with Crippen molar-refractivity contribution in [1.82, 2.24) is 4.90 Å². The first kappa shape index (κ1) is 25.7. The lowest BCUT2D eigenvalue weighted by Gasteiger charge is -2.63. The maximum Gasteiger partial charge on any atom is 0.331 e. The molecule has 0 amide bonds. The Balaban J connectivity index is 1.21. The zero-order valence-electron chi connectivity index (χ0n) is 22.4. The molecule has 0 bridgehead atoms. The van der Waals surface area contributed by atoms with Crippen molar-refractivity contribution in [2.24, 2.45) is 34.5 Å². The van der Waals surface area contributed by atoms with Gasteiger partial charge >= 0.3 is 5.97 Å². The molecule has 1 heterocycles. The number of likely N-dealkylation sites (N-methyl/N-ethyl adjacent to an activating group) is 1. The second kappa shape index (κ2) is 9.74. The van der Waals surface area contributed by atoms with E-state index in [1.807, 2.05) is 0 Å². The van der Waals surface area contributed by atoms with Crippen LogP contribution >= 0.6 is 0 Å². The van der Waals surface area contributed by atoms with E-state index in [4.69, 9.17) is 14.2 Å². The lowest BCUT2D eigenvalue weighted by atomic mass is 9.43. The third kappa shape index (κ3) is 4.41. The van der Waals surface area contributed by atoms with Crippen molar-refractivity contribution in [2.75, 3.05) is 47.1 Å². The highest BCUT2D eigenvalue weighted by Gasteiger charge is 2.67. The Morgan fingerprint density at radius 3 is 2.60 bits per heavy atom. The molecule has 0 spiro atoms. The molecule has 0 saturated heterocycles. The van der Waals surface area contributed by atoms with Crippen LogP contribution in [0.2, 0.25) is 0 Å². The van der Waals surface area contributed by atoms with Gasteiger partial charge in [0.1, 0.15) is 6.61 Å². The highest BCUT2D eigenvalue weighted by Crippen LogP contribution is 2.70. The third-order valence-electron chi connectivity index (χ3n) is 11.2. The first-order valence-corrected chi connectivity index (χ1v) is 14.1. The van der Waals surface area contributed by atoms with E-state index < -0.39 is 5.60 Å². The van der Waals surface area contributed by atoms with Gasteiger partial charge in [-0.2, -0.15) is 0 Å². The molecule has 6 heteroatoms. The molecule has 4 aliphatic carbocycles. The van der Waals surface area contributed by atoms with Crippen molar-refractivity contribution >= 4 is 5.97 Å². The van der Waals surface area contributed by atoms with Crippen LogP contribution < -0.4 is 0 Å². The minimum absolute atomic E-state index is 0.149. The van der Waals surface area contributed by atoms with Crippen molar-refractivity contribution in [1.29, 1.82) is 0 Å². The second-order valence-corrected chi connectivity index (χ2v) is 13.0. The van der Waals surface area contributed by atoms with E-state index in [1.54, 1.807) is 6.08 Å². The van der Waals surface area contributed by atoms with Crippen LogP contribution in [-0.2, 0) is 19.0 Å². The van der Waals surface area contributed by atoms with Crippen molar-refractivity contribution in [3.8, 4) is 0 Å². The van der Waals surface area contributed by atoms with Crippen LogP contribution in [0.15, 0.2) is 11.6 Å². The summed E-state index contributed by atoms with van der Waals surface area (Å²) in [6, 6.07) is 0. The maximum absolute atomic E-state index is 12.3. The van der Waals surface area contributed by atoms with Crippen molar-refractivity contribution < 1.29 is 24.1 Å². The molecule has 35 heavy (non-hydrogen) atoms. The zero-order valence-corrected chi connectivity index (χ0v) is 22.4. The summed E-state index contributed by atoms with van der Waals surface area (Å²) in [6.07, 6.45) is 11.9. The average molecular weight is 490 g/mol. The summed E-state index contributed by atoms with van der Waals surface area (Å²) in [5.74, 6) is 1.71. The zero-order chi connectivity index (χ0) is 24.8. The molecular formula is C29H47NO5. The van der Waals surface area contributed by atoms with Crippen LogP contribution in [0.4, 0.5) is 0 Å². The molecule has 6 nitrogen and oxygen atoms in total. The first-order valence-electron chi connectivity index (χ1n) is 14.1. The number of fused-ring (bicyclic) bond motifs is 5. The predicted molar refractivity (Wildman–Crippen MR) is 135 cm³/mol. The third-order valence-corrected chi connectivity index (χ3v) is 11.2. The molecule has 198 valence electrons. The average Bonchev–Trinajstić information content (AvgIpc) is 3.36. The number of nitrogens with zero attached hydrogens (tertiary/aromatic N) is 1. The number of hydrogen-bond acceptors (Lipinski definition) is 6. The fourth-order valence-corrected chi connectivity index (χ4v) is 9.14. The fourth-order valence-electron chi connectivity index (χ4n) is 9.14. The predicted octanol–water partition coefficient (Wildman–Crippen LogP) is 4.21. The van der Waals surface area contributed by atoms with Gasteiger partial charge in [-0.15, -0.1) is 0 Å². The topological polar surface area (TPSA) is 68.2 Å². The van der Waals surface area contributed by atoms with Crippen LogP contribution in [0.5, 0.6) is 0 Å². The number of hydrogen-bond donors (Lipinski definition) is 1. The quantitative estimate of drug-likeness (QED) is 0.407. The minimum atomic E-state index is -0.627. The van der Waals surface area contributed by atoms with E-state index in [2.05, 4.69) is 32.8 Å². The summed E-state index contributed by atoms with van der Waals surface area (Å²) >= 11 is 0. The monoisotopic (exact) mass is 489 g/mol. The van der Waals surface area contributed by atoms with E-state index in [9.17, 15) is 9.90 Å². The lowest BCUT2D eigenvalue weighted by molar-refractivity contribution is -0.210. The molecule has 0 aromatic rings. The van der Waals surface area contributed by atoms with E-state index in [0.717, 1.165) is 57.2 Å². The summed E-state index contributed by atoms with van der Waals surface area (Å²) in [6.45, 7) is 8.33. The van der Waals surface area contributed by atoms with Gasteiger partial charge in [-0.05, 0) is 107 Å². The largest absolute Gasteiger partial charge is 0.458 e. The van der Waals surface area contributed by atoms with Gasteiger partial charge in [0.05, 0.1) is 31.5 Å². The summed E-state index contributed by atoms with van der Waals surface area (Å²) in [7, 11) is 4.13. The van der Waals surface area contributed by atoms with Crippen LogP contribution in [0.1, 0.15) is 71.6 Å². The Kier molecular flexibility index (Phi) is 7.15. The molecule has 0 aromatic carbocycles. The Labute approximate surface area is 211 Å². The number of rotatable bonds is 8. The summed E-state index contributed by atoms with van der Waals surface area (Å²) in [5, 5.41) is 12.3. The number of cyclic esters (lactones) is 1. The van der Waals surface area contributed by atoms with Crippen molar-refractivity contribution in [3.05, 3.63) is 11.6 Å². The molecule has 0 unspecified atom stereocenters. The number of carbonyl (C=O) groups is 1. The van der Waals surface area contributed by atoms with Crippen LogP contribution in [0, 0.1) is 34.5 Å². The molecule has 1 aliphatic heterocycles. The maximum atomic E-state index is 12.3. The molecule has 5 aliphatic rings. The molecular weight excluding hydrogens is 442 g/mol. The van der Waals surface area contributed by atoms with E-state index in [1.165, 1.54) is 19.3 Å². The van der Waals surface area contributed by atoms with Gasteiger partial charge < -0.3 is 24.2 Å². The molecule has 4 fully saturated rings. The Morgan fingerprint density at radius 1 is 1.03 bits per heavy atom. The SMILES string of the molecule is CN(C)CCOCCO[C@H]1CC[C@@]2(C)[C@H](CC[C@@H]3[C@@H]2CC[C@]2(C)[C@@H](C4=CC(=O)OC4)CC[C@]32O)C1.